The molecule has 4 heteroatoms. The van der Waals surface area contributed by atoms with Gasteiger partial charge in [0.2, 0.25) is 0 Å². The number of benzene rings is 1. The van der Waals surface area contributed by atoms with Gasteiger partial charge in [0, 0.05) is 25.3 Å². The van der Waals surface area contributed by atoms with Gasteiger partial charge in [0.15, 0.2) is 0 Å². The summed E-state index contributed by atoms with van der Waals surface area (Å²) in [5.74, 6) is -0.221. The second-order valence-electron chi connectivity index (χ2n) is 5.15. The summed E-state index contributed by atoms with van der Waals surface area (Å²) in [6.45, 7) is 3.79. The molecule has 1 atom stereocenters. The largest absolute Gasteiger partial charge is 0.392 e. The van der Waals surface area contributed by atoms with Crippen LogP contribution in [0.2, 0.25) is 0 Å². The predicted molar refractivity (Wildman–Crippen MR) is 72.4 cm³/mol. The van der Waals surface area contributed by atoms with Gasteiger partial charge in [-0.1, -0.05) is 19.1 Å². The minimum atomic E-state index is -0.367. The second kappa shape index (κ2) is 6.46. The first kappa shape index (κ1) is 14.4. The quantitative estimate of drug-likeness (QED) is 0.859. The van der Waals surface area contributed by atoms with E-state index in [1.807, 2.05) is 13.0 Å². The number of nitrogens with one attached hydrogen (secondary N) is 1. The minimum Gasteiger partial charge on any atom is -0.392 e. The van der Waals surface area contributed by atoms with Gasteiger partial charge in [0.05, 0.1) is 6.10 Å². The molecule has 1 aliphatic heterocycles. The van der Waals surface area contributed by atoms with Crippen LogP contribution in [0.3, 0.4) is 0 Å². The summed E-state index contributed by atoms with van der Waals surface area (Å²) >= 11 is 0. The van der Waals surface area contributed by atoms with Gasteiger partial charge in [-0.2, -0.15) is 0 Å². The topological polar surface area (TPSA) is 41.5 Å². The summed E-state index contributed by atoms with van der Waals surface area (Å²) in [5.41, 5.74) is 0.662. The molecule has 1 aromatic rings. The molecule has 0 radical (unpaired) electrons. The van der Waals surface area contributed by atoms with Crippen LogP contribution in [0.1, 0.15) is 31.7 Å². The lowest BCUT2D eigenvalue weighted by atomic mass is 9.82. The first-order chi connectivity index (χ1) is 9.16. The molecule has 0 aromatic heterocycles. The van der Waals surface area contributed by atoms with Crippen molar-refractivity contribution in [3.05, 3.63) is 35.6 Å². The zero-order valence-corrected chi connectivity index (χ0v) is 11.4. The number of ether oxygens (including phenoxy) is 1. The Labute approximate surface area is 113 Å². The number of halogens is 1. The molecule has 2 N–H and O–H groups in total. The molecular weight excluding hydrogens is 245 g/mol. The molecule has 2 rings (SSSR count). The smallest absolute Gasteiger partial charge is 0.123 e. The Balaban J connectivity index is 2.19. The Hall–Kier alpha value is -0.970. The molecule has 1 heterocycles. The van der Waals surface area contributed by atoms with Crippen LogP contribution in [-0.2, 0) is 10.3 Å². The maximum atomic E-state index is 13.4. The lowest BCUT2D eigenvalue weighted by Gasteiger charge is -2.39. The van der Waals surface area contributed by atoms with Gasteiger partial charge in [-0.05, 0) is 37.0 Å². The van der Waals surface area contributed by atoms with Crippen molar-refractivity contribution in [3.8, 4) is 0 Å². The maximum Gasteiger partial charge on any atom is 0.123 e. The SMILES string of the molecule is CC[C@@H](O)CNC1(c2cccc(F)c2)CCOCC1. The zero-order valence-electron chi connectivity index (χ0n) is 11.4. The van der Waals surface area contributed by atoms with Crippen molar-refractivity contribution in [2.24, 2.45) is 0 Å². The fourth-order valence-electron chi connectivity index (χ4n) is 2.53. The molecule has 0 saturated carbocycles. The van der Waals surface area contributed by atoms with Gasteiger partial charge in [-0.25, -0.2) is 4.39 Å². The fraction of sp³-hybridized carbons (Fsp3) is 0.600. The molecule has 19 heavy (non-hydrogen) atoms. The van der Waals surface area contributed by atoms with Crippen LogP contribution in [0.15, 0.2) is 24.3 Å². The molecule has 0 aliphatic carbocycles. The van der Waals surface area contributed by atoms with Crippen LogP contribution in [0.4, 0.5) is 4.39 Å². The maximum absolute atomic E-state index is 13.4. The van der Waals surface area contributed by atoms with Crippen molar-refractivity contribution in [2.45, 2.75) is 37.8 Å². The van der Waals surface area contributed by atoms with E-state index >= 15 is 0 Å². The molecule has 1 aliphatic rings. The summed E-state index contributed by atoms with van der Waals surface area (Å²) in [7, 11) is 0. The van der Waals surface area contributed by atoms with Crippen molar-refractivity contribution >= 4 is 0 Å². The highest BCUT2D eigenvalue weighted by atomic mass is 19.1. The van der Waals surface area contributed by atoms with Crippen LogP contribution in [0, 0.1) is 5.82 Å². The Bertz CT molecular complexity index is 405. The minimum absolute atomic E-state index is 0.221. The van der Waals surface area contributed by atoms with E-state index in [0.717, 1.165) is 18.4 Å². The summed E-state index contributed by atoms with van der Waals surface area (Å²) in [5, 5.41) is 13.2. The van der Waals surface area contributed by atoms with Gasteiger partial charge in [-0.15, -0.1) is 0 Å². The van der Waals surface area contributed by atoms with Gasteiger partial charge < -0.3 is 15.2 Å². The third kappa shape index (κ3) is 3.53. The van der Waals surface area contributed by atoms with Crippen LogP contribution in [0.5, 0.6) is 0 Å². The molecule has 0 unspecified atom stereocenters. The van der Waals surface area contributed by atoms with E-state index in [1.165, 1.54) is 6.07 Å². The lowest BCUT2D eigenvalue weighted by Crippen LogP contribution is -2.49. The number of aliphatic hydroxyl groups is 1. The second-order valence-corrected chi connectivity index (χ2v) is 5.15. The van der Waals surface area contributed by atoms with Crippen molar-refractivity contribution in [3.63, 3.8) is 0 Å². The van der Waals surface area contributed by atoms with Crippen LogP contribution < -0.4 is 5.32 Å². The predicted octanol–water partition coefficient (Wildman–Crippen LogP) is 2.19. The molecule has 0 amide bonds. The summed E-state index contributed by atoms with van der Waals surface area (Å²) in [6.07, 6.45) is 1.94. The number of rotatable bonds is 5. The van der Waals surface area contributed by atoms with E-state index in [-0.39, 0.29) is 17.5 Å². The molecule has 1 fully saturated rings. The molecule has 0 spiro atoms. The monoisotopic (exact) mass is 267 g/mol. The van der Waals surface area contributed by atoms with Crippen molar-refractivity contribution in [1.29, 1.82) is 0 Å². The Morgan fingerprint density at radius 3 is 2.79 bits per heavy atom. The Kier molecular flexibility index (Phi) is 4.91. The van der Waals surface area contributed by atoms with Crippen LogP contribution >= 0.6 is 0 Å². The first-order valence-electron chi connectivity index (χ1n) is 6.93. The third-order valence-corrected chi connectivity index (χ3v) is 3.87. The van der Waals surface area contributed by atoms with Gasteiger partial charge in [0.1, 0.15) is 5.82 Å². The van der Waals surface area contributed by atoms with Crippen molar-refractivity contribution < 1.29 is 14.2 Å². The van der Waals surface area contributed by atoms with E-state index in [0.29, 0.717) is 26.2 Å². The van der Waals surface area contributed by atoms with Gasteiger partial charge >= 0.3 is 0 Å². The normalized spacial score (nSPS) is 20.2. The molecule has 0 bridgehead atoms. The van der Waals surface area contributed by atoms with Crippen LogP contribution in [-0.4, -0.2) is 31.0 Å². The van der Waals surface area contributed by atoms with E-state index in [2.05, 4.69) is 5.32 Å². The standard InChI is InChI=1S/C15H22FNO2/c1-2-14(18)11-17-15(6-8-19-9-7-15)12-4-3-5-13(16)10-12/h3-5,10,14,17-18H,2,6-9,11H2,1H3/t14-/m1/s1. The highest BCUT2D eigenvalue weighted by Crippen LogP contribution is 2.32. The number of hydrogen-bond acceptors (Lipinski definition) is 3. The highest BCUT2D eigenvalue weighted by molar-refractivity contribution is 5.26. The summed E-state index contributed by atoms with van der Waals surface area (Å²) in [4.78, 5) is 0. The van der Waals surface area contributed by atoms with E-state index in [4.69, 9.17) is 4.74 Å². The average molecular weight is 267 g/mol. The first-order valence-corrected chi connectivity index (χ1v) is 6.93. The molecule has 1 saturated heterocycles. The number of hydrogen-bond donors (Lipinski definition) is 2. The fourth-order valence-corrected chi connectivity index (χ4v) is 2.53. The summed E-state index contributed by atoms with van der Waals surface area (Å²) in [6, 6.07) is 6.72. The molecule has 106 valence electrons. The van der Waals surface area contributed by atoms with Crippen molar-refractivity contribution in [1.82, 2.24) is 5.32 Å². The summed E-state index contributed by atoms with van der Waals surface area (Å²) < 4.78 is 18.9. The van der Waals surface area contributed by atoms with Gasteiger partial charge in [0.25, 0.3) is 0 Å². The van der Waals surface area contributed by atoms with E-state index in [9.17, 15) is 9.50 Å². The molecular formula is C15H22FNO2. The molecule has 1 aromatic carbocycles. The molecule has 3 nitrogen and oxygen atoms in total. The van der Waals surface area contributed by atoms with E-state index < -0.39 is 0 Å². The van der Waals surface area contributed by atoms with Crippen LogP contribution in [0.25, 0.3) is 0 Å². The number of aliphatic hydroxyl groups excluding tert-OH is 1. The third-order valence-electron chi connectivity index (χ3n) is 3.87. The van der Waals surface area contributed by atoms with Gasteiger partial charge in [-0.3, -0.25) is 0 Å². The highest BCUT2D eigenvalue weighted by Gasteiger charge is 2.34. The average Bonchev–Trinajstić information content (AvgIpc) is 2.46. The Morgan fingerprint density at radius 1 is 1.42 bits per heavy atom. The van der Waals surface area contributed by atoms with Crippen molar-refractivity contribution in [2.75, 3.05) is 19.8 Å². The zero-order chi connectivity index (χ0) is 13.7. The Morgan fingerprint density at radius 2 is 2.16 bits per heavy atom. The lowest BCUT2D eigenvalue weighted by molar-refractivity contribution is 0.0297. The van der Waals surface area contributed by atoms with E-state index in [1.54, 1.807) is 12.1 Å².